The smallest absolute Gasteiger partial charge is 0.237 e. The lowest BCUT2D eigenvalue weighted by Crippen LogP contribution is -2.15. The molecule has 6 nitrogen and oxygen atoms in total. The summed E-state index contributed by atoms with van der Waals surface area (Å²) in [5.41, 5.74) is 6.98. The Hall–Kier alpha value is -2.63. The number of aromatic nitrogens is 2. The fraction of sp³-hybridized carbons (Fsp3) is 0.267. The number of hydrogen-bond donors (Lipinski definition) is 2. The third-order valence-electron chi connectivity index (χ3n) is 3.28. The lowest BCUT2D eigenvalue weighted by molar-refractivity contribution is 0.318. The zero-order valence-electron chi connectivity index (χ0n) is 12.0. The van der Waals surface area contributed by atoms with Crippen LogP contribution in [0.25, 0.3) is 0 Å². The second-order valence-corrected chi connectivity index (χ2v) is 4.71. The van der Waals surface area contributed by atoms with E-state index in [1.165, 1.54) is 18.0 Å². The lowest BCUT2D eigenvalue weighted by atomic mass is 9.99. The molecule has 1 unspecified atom stereocenters. The normalized spacial score (nSPS) is 13.0. The summed E-state index contributed by atoms with van der Waals surface area (Å²) in [7, 11) is 0. The average Bonchev–Trinajstić information content (AvgIpc) is 2.55. The zero-order valence-corrected chi connectivity index (χ0v) is 12.0. The minimum absolute atomic E-state index is 0.0908. The van der Waals surface area contributed by atoms with Crippen molar-refractivity contribution in [3.05, 3.63) is 47.9 Å². The van der Waals surface area contributed by atoms with Gasteiger partial charge in [-0.2, -0.15) is 0 Å². The van der Waals surface area contributed by atoms with Crippen LogP contribution >= 0.6 is 0 Å². The van der Waals surface area contributed by atoms with Gasteiger partial charge in [-0.3, -0.25) is 0 Å². The standard InChI is InChI=1S/C15H18N4O2/c1-3-10(2)11-4-6-12(7-5-11)21-14-9-17-13(8-18-14)15(16)19-20/h4-10,20H,3H2,1-2H3,(H2,16,19). The molecule has 0 saturated carbocycles. The predicted molar refractivity (Wildman–Crippen MR) is 79.8 cm³/mol. The SMILES string of the molecule is CCC(C)c1ccc(Oc2cnc(/C(N)=N/O)cn2)cc1. The Morgan fingerprint density at radius 1 is 1.29 bits per heavy atom. The van der Waals surface area contributed by atoms with E-state index in [-0.39, 0.29) is 11.5 Å². The van der Waals surface area contributed by atoms with Crippen LogP contribution in [0.2, 0.25) is 0 Å². The van der Waals surface area contributed by atoms with Gasteiger partial charge in [0.1, 0.15) is 11.4 Å². The Balaban J connectivity index is 2.08. The summed E-state index contributed by atoms with van der Waals surface area (Å²) in [5.74, 6) is 1.47. The van der Waals surface area contributed by atoms with Crippen molar-refractivity contribution < 1.29 is 9.94 Å². The van der Waals surface area contributed by atoms with E-state index in [0.717, 1.165) is 6.42 Å². The quantitative estimate of drug-likeness (QED) is 0.381. The summed E-state index contributed by atoms with van der Waals surface area (Å²) >= 11 is 0. The molecule has 0 aliphatic carbocycles. The third kappa shape index (κ3) is 3.68. The van der Waals surface area contributed by atoms with Crippen LogP contribution in [-0.2, 0) is 0 Å². The molecule has 1 aromatic carbocycles. The number of nitrogens with zero attached hydrogens (tertiary/aromatic N) is 3. The molecule has 0 bridgehead atoms. The van der Waals surface area contributed by atoms with Gasteiger partial charge in [0.05, 0.1) is 12.4 Å². The minimum atomic E-state index is -0.0908. The van der Waals surface area contributed by atoms with Crippen LogP contribution in [0.4, 0.5) is 0 Å². The molecule has 110 valence electrons. The van der Waals surface area contributed by atoms with Gasteiger partial charge in [0, 0.05) is 0 Å². The molecule has 2 rings (SSSR count). The van der Waals surface area contributed by atoms with Crippen LogP contribution < -0.4 is 10.5 Å². The number of benzene rings is 1. The first-order valence-electron chi connectivity index (χ1n) is 6.71. The Morgan fingerprint density at radius 2 is 2.00 bits per heavy atom. The van der Waals surface area contributed by atoms with Crippen LogP contribution in [0.5, 0.6) is 11.6 Å². The Kier molecular flexibility index (Phi) is 4.71. The number of rotatable bonds is 5. The van der Waals surface area contributed by atoms with Crippen LogP contribution in [0.3, 0.4) is 0 Å². The van der Waals surface area contributed by atoms with Gasteiger partial charge in [0.25, 0.3) is 0 Å². The number of hydrogen-bond acceptors (Lipinski definition) is 5. The second kappa shape index (κ2) is 6.69. The van der Waals surface area contributed by atoms with Crippen molar-refractivity contribution in [1.82, 2.24) is 9.97 Å². The molecule has 1 atom stereocenters. The largest absolute Gasteiger partial charge is 0.438 e. The highest BCUT2D eigenvalue weighted by Crippen LogP contribution is 2.23. The Bertz CT molecular complexity index is 609. The highest BCUT2D eigenvalue weighted by atomic mass is 16.5. The maximum Gasteiger partial charge on any atom is 0.237 e. The van der Waals surface area contributed by atoms with Crippen LogP contribution in [0.15, 0.2) is 41.8 Å². The molecule has 6 heteroatoms. The van der Waals surface area contributed by atoms with Crippen molar-refractivity contribution in [2.24, 2.45) is 10.9 Å². The van der Waals surface area contributed by atoms with E-state index in [4.69, 9.17) is 15.7 Å². The van der Waals surface area contributed by atoms with Gasteiger partial charge in [-0.15, -0.1) is 0 Å². The van der Waals surface area contributed by atoms with Crippen LogP contribution in [0.1, 0.15) is 37.4 Å². The predicted octanol–water partition coefficient (Wildman–Crippen LogP) is 2.88. The van der Waals surface area contributed by atoms with Crippen molar-refractivity contribution in [2.45, 2.75) is 26.2 Å². The van der Waals surface area contributed by atoms with Crippen molar-refractivity contribution in [3.63, 3.8) is 0 Å². The third-order valence-corrected chi connectivity index (χ3v) is 3.28. The minimum Gasteiger partial charge on any atom is -0.438 e. The summed E-state index contributed by atoms with van der Waals surface area (Å²) in [4.78, 5) is 8.06. The fourth-order valence-electron chi connectivity index (χ4n) is 1.77. The molecule has 0 saturated heterocycles. The van der Waals surface area contributed by atoms with E-state index in [9.17, 15) is 0 Å². The molecule has 1 heterocycles. The van der Waals surface area contributed by atoms with Crippen molar-refractivity contribution in [1.29, 1.82) is 0 Å². The zero-order chi connectivity index (χ0) is 15.2. The van der Waals surface area contributed by atoms with Crippen molar-refractivity contribution in [2.75, 3.05) is 0 Å². The summed E-state index contributed by atoms with van der Waals surface area (Å²) in [6.45, 7) is 4.35. The van der Waals surface area contributed by atoms with Gasteiger partial charge in [-0.25, -0.2) is 9.97 Å². The second-order valence-electron chi connectivity index (χ2n) is 4.71. The molecule has 3 N–H and O–H groups in total. The highest BCUT2D eigenvalue weighted by molar-refractivity contribution is 5.94. The Labute approximate surface area is 123 Å². The number of nitrogens with two attached hydrogens (primary N) is 1. The van der Waals surface area contributed by atoms with E-state index in [2.05, 4.69) is 29.0 Å². The molecule has 2 aromatic rings. The maximum absolute atomic E-state index is 8.55. The monoisotopic (exact) mass is 286 g/mol. The first-order valence-corrected chi connectivity index (χ1v) is 6.71. The van der Waals surface area contributed by atoms with E-state index >= 15 is 0 Å². The maximum atomic E-state index is 8.55. The Morgan fingerprint density at radius 3 is 2.52 bits per heavy atom. The van der Waals surface area contributed by atoms with Crippen LogP contribution in [-0.4, -0.2) is 21.0 Å². The van der Waals surface area contributed by atoms with E-state index in [1.807, 2.05) is 24.3 Å². The molecular weight excluding hydrogens is 268 g/mol. The summed E-state index contributed by atoms with van der Waals surface area (Å²) in [6.07, 6.45) is 3.91. The van der Waals surface area contributed by atoms with Crippen molar-refractivity contribution >= 4 is 5.84 Å². The van der Waals surface area contributed by atoms with Crippen molar-refractivity contribution in [3.8, 4) is 11.6 Å². The fourth-order valence-corrected chi connectivity index (χ4v) is 1.77. The molecular formula is C15H18N4O2. The molecule has 21 heavy (non-hydrogen) atoms. The molecule has 0 aliphatic heterocycles. The molecule has 0 radical (unpaired) electrons. The van der Waals surface area contributed by atoms with Gasteiger partial charge in [0.15, 0.2) is 5.84 Å². The van der Waals surface area contributed by atoms with E-state index < -0.39 is 0 Å². The van der Waals surface area contributed by atoms with Gasteiger partial charge in [-0.1, -0.05) is 31.1 Å². The number of amidine groups is 1. The first kappa shape index (κ1) is 14.8. The molecule has 1 aromatic heterocycles. The average molecular weight is 286 g/mol. The summed E-state index contributed by atoms with van der Waals surface area (Å²) in [5, 5.41) is 11.4. The first-order chi connectivity index (χ1) is 10.1. The summed E-state index contributed by atoms with van der Waals surface area (Å²) in [6, 6.07) is 7.89. The van der Waals surface area contributed by atoms with E-state index in [0.29, 0.717) is 17.5 Å². The number of oxime groups is 1. The van der Waals surface area contributed by atoms with E-state index in [1.54, 1.807) is 0 Å². The number of ether oxygens (including phenoxy) is 1. The van der Waals surface area contributed by atoms with Gasteiger partial charge >= 0.3 is 0 Å². The summed E-state index contributed by atoms with van der Waals surface area (Å²) < 4.78 is 5.60. The molecule has 0 amide bonds. The van der Waals surface area contributed by atoms with Gasteiger partial charge < -0.3 is 15.7 Å². The topological polar surface area (TPSA) is 93.6 Å². The molecule has 0 spiro atoms. The highest BCUT2D eigenvalue weighted by Gasteiger charge is 2.05. The molecule has 0 fully saturated rings. The van der Waals surface area contributed by atoms with Gasteiger partial charge in [0.2, 0.25) is 5.88 Å². The molecule has 0 aliphatic rings. The van der Waals surface area contributed by atoms with Crippen LogP contribution in [0, 0.1) is 0 Å². The lowest BCUT2D eigenvalue weighted by Gasteiger charge is -2.10. The van der Waals surface area contributed by atoms with Gasteiger partial charge in [-0.05, 0) is 30.0 Å².